The van der Waals surface area contributed by atoms with Gasteiger partial charge in [0.25, 0.3) is 16.8 Å². The van der Waals surface area contributed by atoms with Crippen LogP contribution in [0, 0.1) is 0 Å². The largest absolute Gasteiger partial charge is 0.341 e. The van der Waals surface area contributed by atoms with E-state index in [0.717, 1.165) is 0 Å². The van der Waals surface area contributed by atoms with Crippen molar-refractivity contribution in [1.82, 2.24) is 9.74 Å². The molecule has 0 aromatic heterocycles. The SMILES string of the molecule is CC(C)N(C(=O)C1(Cl)C(=O)NC(=O)N1Cl)c1ccccc1. The Morgan fingerprint density at radius 2 is 1.86 bits per heavy atom. The molecule has 8 heteroatoms. The third-order valence-corrected chi connectivity index (χ3v) is 4.02. The first-order valence-electron chi connectivity index (χ1n) is 6.19. The highest BCUT2D eigenvalue weighted by Crippen LogP contribution is 2.33. The number of para-hydroxylation sites is 1. The molecule has 4 amide bonds. The minimum atomic E-state index is -2.29. The first-order valence-corrected chi connectivity index (χ1v) is 6.90. The molecule has 1 unspecified atom stereocenters. The molecule has 1 aliphatic rings. The van der Waals surface area contributed by atoms with Gasteiger partial charge >= 0.3 is 6.03 Å². The van der Waals surface area contributed by atoms with Gasteiger partial charge in [0.2, 0.25) is 0 Å². The quantitative estimate of drug-likeness (QED) is 0.303. The fraction of sp³-hybridized carbons (Fsp3) is 0.308. The van der Waals surface area contributed by atoms with E-state index in [1.165, 1.54) is 4.90 Å². The number of halogens is 2. The Hall–Kier alpha value is -1.79. The van der Waals surface area contributed by atoms with E-state index >= 15 is 0 Å². The van der Waals surface area contributed by atoms with Gasteiger partial charge in [-0.1, -0.05) is 29.8 Å². The summed E-state index contributed by atoms with van der Waals surface area (Å²) in [6.45, 7) is 3.52. The van der Waals surface area contributed by atoms with Crippen LogP contribution >= 0.6 is 23.4 Å². The van der Waals surface area contributed by atoms with Crippen LogP contribution in [0.5, 0.6) is 0 Å². The molecule has 0 saturated carbocycles. The topological polar surface area (TPSA) is 69.7 Å². The van der Waals surface area contributed by atoms with Crippen LogP contribution < -0.4 is 10.2 Å². The molecule has 1 aromatic carbocycles. The maximum absolute atomic E-state index is 12.7. The van der Waals surface area contributed by atoms with Crippen LogP contribution in [-0.4, -0.2) is 33.3 Å². The first-order chi connectivity index (χ1) is 9.80. The Balaban J connectivity index is 2.45. The molecule has 21 heavy (non-hydrogen) atoms. The van der Waals surface area contributed by atoms with Crippen LogP contribution in [0.25, 0.3) is 0 Å². The summed E-state index contributed by atoms with van der Waals surface area (Å²) in [5.41, 5.74) is 0.551. The standard InChI is InChI=1S/C13H13Cl2N3O3/c1-8(2)17(9-6-4-3-5-7-9)11(20)13(14)10(19)16-12(21)18(13)15/h3-8H,1-2H3,(H,16,19,21). The molecule has 1 N–H and O–H groups in total. The highest BCUT2D eigenvalue weighted by Gasteiger charge is 2.59. The number of benzene rings is 1. The number of carbonyl (C=O) groups excluding carboxylic acids is 3. The molecule has 0 radical (unpaired) electrons. The van der Waals surface area contributed by atoms with Gasteiger partial charge in [-0.15, -0.1) is 0 Å². The fourth-order valence-corrected chi connectivity index (χ4v) is 2.44. The molecule has 1 atom stereocenters. The van der Waals surface area contributed by atoms with Gasteiger partial charge in [0.05, 0.1) is 0 Å². The molecule has 112 valence electrons. The third-order valence-electron chi connectivity index (χ3n) is 3.02. The zero-order chi connectivity index (χ0) is 15.8. The van der Waals surface area contributed by atoms with E-state index in [2.05, 4.69) is 0 Å². The predicted octanol–water partition coefficient (Wildman–Crippen LogP) is 2.07. The minimum absolute atomic E-state index is 0.288. The predicted molar refractivity (Wildman–Crippen MR) is 78.9 cm³/mol. The van der Waals surface area contributed by atoms with Crippen molar-refractivity contribution in [3.8, 4) is 0 Å². The van der Waals surface area contributed by atoms with Crippen molar-refractivity contribution in [3.05, 3.63) is 30.3 Å². The molecule has 1 saturated heterocycles. The normalized spacial score (nSPS) is 21.7. The number of carbonyl (C=O) groups is 3. The molecule has 0 aliphatic carbocycles. The molecule has 6 nitrogen and oxygen atoms in total. The average Bonchev–Trinajstić information content (AvgIpc) is 2.64. The molecule has 0 spiro atoms. The highest BCUT2D eigenvalue weighted by atomic mass is 35.5. The summed E-state index contributed by atoms with van der Waals surface area (Å²) in [6, 6.07) is 7.47. The highest BCUT2D eigenvalue weighted by molar-refractivity contribution is 6.54. The van der Waals surface area contributed by atoms with Crippen molar-refractivity contribution in [2.75, 3.05) is 4.90 Å². The van der Waals surface area contributed by atoms with Crippen molar-refractivity contribution in [3.63, 3.8) is 0 Å². The number of rotatable bonds is 3. The van der Waals surface area contributed by atoms with Gasteiger partial charge in [-0.05, 0) is 26.0 Å². The number of nitrogens with zero attached hydrogens (tertiary/aromatic N) is 2. The second kappa shape index (κ2) is 5.54. The summed E-state index contributed by atoms with van der Waals surface area (Å²) in [4.78, 5) is 35.1. The van der Waals surface area contributed by atoms with E-state index in [0.29, 0.717) is 10.1 Å². The third kappa shape index (κ3) is 2.45. The van der Waals surface area contributed by atoms with Gasteiger partial charge in [-0.3, -0.25) is 14.9 Å². The van der Waals surface area contributed by atoms with Gasteiger partial charge < -0.3 is 4.90 Å². The molecule has 1 aromatic rings. The zero-order valence-corrected chi connectivity index (χ0v) is 12.9. The summed E-state index contributed by atoms with van der Waals surface area (Å²) in [5, 5.41) is 1.92. The van der Waals surface area contributed by atoms with Crippen molar-refractivity contribution in [1.29, 1.82) is 0 Å². The Kier molecular flexibility index (Phi) is 4.11. The molecule has 2 rings (SSSR count). The van der Waals surface area contributed by atoms with Crippen molar-refractivity contribution in [2.24, 2.45) is 0 Å². The van der Waals surface area contributed by atoms with Gasteiger partial charge in [0.15, 0.2) is 0 Å². The van der Waals surface area contributed by atoms with E-state index in [4.69, 9.17) is 23.4 Å². The van der Waals surface area contributed by atoms with E-state index < -0.39 is 22.8 Å². The number of imide groups is 1. The zero-order valence-electron chi connectivity index (χ0n) is 11.3. The summed E-state index contributed by atoms with van der Waals surface area (Å²) in [5.74, 6) is -1.75. The van der Waals surface area contributed by atoms with Gasteiger partial charge in [-0.25, -0.2) is 4.79 Å². The molecule has 1 aliphatic heterocycles. The number of nitrogens with one attached hydrogen (secondary N) is 1. The van der Waals surface area contributed by atoms with Crippen LogP contribution in [0.3, 0.4) is 0 Å². The Morgan fingerprint density at radius 1 is 1.29 bits per heavy atom. The number of alkyl halides is 1. The summed E-state index contributed by atoms with van der Waals surface area (Å²) >= 11 is 11.8. The van der Waals surface area contributed by atoms with Gasteiger partial charge in [0, 0.05) is 23.5 Å². The smallest absolute Gasteiger partial charge is 0.306 e. The van der Waals surface area contributed by atoms with E-state index in [9.17, 15) is 14.4 Å². The maximum atomic E-state index is 12.7. The molecule has 1 heterocycles. The lowest BCUT2D eigenvalue weighted by molar-refractivity contribution is -0.132. The van der Waals surface area contributed by atoms with Gasteiger partial charge in [0.1, 0.15) is 0 Å². The van der Waals surface area contributed by atoms with Crippen molar-refractivity contribution in [2.45, 2.75) is 24.9 Å². The number of anilines is 1. The lowest BCUT2D eigenvalue weighted by atomic mass is 10.1. The van der Waals surface area contributed by atoms with Crippen LogP contribution in [0.2, 0.25) is 0 Å². The lowest BCUT2D eigenvalue weighted by Crippen LogP contribution is -2.56. The second-order valence-electron chi connectivity index (χ2n) is 4.77. The monoisotopic (exact) mass is 329 g/mol. The summed E-state index contributed by atoms with van der Waals surface area (Å²) in [7, 11) is 0. The summed E-state index contributed by atoms with van der Waals surface area (Å²) < 4.78 is 0.386. The number of hydrogen-bond acceptors (Lipinski definition) is 3. The second-order valence-corrected chi connectivity index (χ2v) is 5.65. The van der Waals surface area contributed by atoms with Gasteiger partial charge in [-0.2, -0.15) is 4.42 Å². The Labute approximate surface area is 131 Å². The van der Waals surface area contributed by atoms with Crippen LogP contribution in [0.4, 0.5) is 10.5 Å². The number of hydrogen-bond donors (Lipinski definition) is 1. The van der Waals surface area contributed by atoms with E-state index in [-0.39, 0.29) is 6.04 Å². The van der Waals surface area contributed by atoms with Crippen molar-refractivity contribution < 1.29 is 14.4 Å². The van der Waals surface area contributed by atoms with Crippen LogP contribution in [0.15, 0.2) is 30.3 Å². The van der Waals surface area contributed by atoms with Crippen LogP contribution in [0.1, 0.15) is 13.8 Å². The van der Waals surface area contributed by atoms with E-state index in [1.807, 2.05) is 5.32 Å². The molecule has 1 fully saturated rings. The Bertz CT molecular complexity index is 594. The molecular weight excluding hydrogens is 317 g/mol. The van der Waals surface area contributed by atoms with Crippen molar-refractivity contribution >= 4 is 46.9 Å². The minimum Gasteiger partial charge on any atom is -0.306 e. The lowest BCUT2D eigenvalue weighted by Gasteiger charge is -2.33. The maximum Gasteiger partial charge on any atom is 0.341 e. The van der Waals surface area contributed by atoms with Crippen LogP contribution in [-0.2, 0) is 9.59 Å². The Morgan fingerprint density at radius 3 is 2.29 bits per heavy atom. The molecular formula is C13H13Cl2N3O3. The number of urea groups is 1. The fourth-order valence-electron chi connectivity index (χ4n) is 2.04. The molecule has 0 bridgehead atoms. The summed E-state index contributed by atoms with van der Waals surface area (Å²) in [6.07, 6.45) is 0. The van der Waals surface area contributed by atoms with E-state index in [1.54, 1.807) is 44.2 Å². The first kappa shape index (κ1) is 15.6. The average molecular weight is 330 g/mol. The number of amides is 4.